The van der Waals surface area contributed by atoms with Gasteiger partial charge in [-0.3, -0.25) is 4.79 Å². The molecule has 0 N–H and O–H groups in total. The lowest BCUT2D eigenvalue weighted by Gasteiger charge is -2.27. The second-order valence-electron chi connectivity index (χ2n) is 6.58. The number of unbranched alkanes of at least 4 members (excludes halogenated alkanes) is 2. The number of carbonyl (C=O) groups is 1. The molecule has 1 aliphatic rings. The Balaban J connectivity index is 1.88. The van der Waals surface area contributed by atoms with E-state index in [1.54, 1.807) is 0 Å². The maximum absolute atomic E-state index is 12.4. The van der Waals surface area contributed by atoms with Gasteiger partial charge >= 0.3 is 0 Å². The lowest BCUT2D eigenvalue weighted by atomic mass is 9.76. The minimum absolute atomic E-state index is 0.113. The zero-order chi connectivity index (χ0) is 15.8. The van der Waals surface area contributed by atoms with Gasteiger partial charge in [0.05, 0.1) is 6.61 Å². The molecule has 1 fully saturated rings. The number of Topliss-reactive ketones (excluding diaryl/α,β-unsaturated/α-hetero) is 1. The highest BCUT2D eigenvalue weighted by Gasteiger charge is 2.29. The summed E-state index contributed by atoms with van der Waals surface area (Å²) in [6, 6.07) is 8.19. The third-order valence-electron chi connectivity index (χ3n) is 4.76. The summed E-state index contributed by atoms with van der Waals surface area (Å²) in [7, 11) is 0. The molecule has 1 aromatic carbocycles. The minimum Gasteiger partial charge on any atom is -0.494 e. The highest BCUT2D eigenvalue weighted by atomic mass is 16.5. The van der Waals surface area contributed by atoms with Crippen molar-refractivity contribution >= 4 is 5.78 Å². The average molecular weight is 302 g/mol. The Morgan fingerprint density at radius 3 is 2.41 bits per heavy atom. The van der Waals surface area contributed by atoms with E-state index in [-0.39, 0.29) is 5.92 Å². The molecule has 0 amide bonds. The zero-order valence-corrected chi connectivity index (χ0v) is 14.1. The van der Waals surface area contributed by atoms with Gasteiger partial charge in [-0.2, -0.15) is 0 Å². The number of ketones is 1. The van der Waals surface area contributed by atoms with Crippen molar-refractivity contribution in [1.29, 1.82) is 0 Å². The van der Waals surface area contributed by atoms with Crippen LogP contribution in [0.1, 0.15) is 76.7 Å². The van der Waals surface area contributed by atoms with Crippen LogP contribution in [0, 0.1) is 5.92 Å². The van der Waals surface area contributed by atoms with Crippen LogP contribution in [-0.4, -0.2) is 12.4 Å². The molecule has 2 rings (SSSR count). The first-order valence-corrected chi connectivity index (χ1v) is 9.00. The van der Waals surface area contributed by atoms with Crippen LogP contribution < -0.4 is 4.74 Å². The molecule has 0 spiro atoms. The predicted octanol–water partition coefficient (Wildman–Crippen LogP) is 5.51. The van der Waals surface area contributed by atoms with Crippen molar-refractivity contribution in [2.45, 2.75) is 71.1 Å². The summed E-state index contributed by atoms with van der Waals surface area (Å²) in [6.45, 7) is 5.16. The summed E-state index contributed by atoms with van der Waals surface area (Å²) in [5.74, 6) is 2.09. The van der Waals surface area contributed by atoms with Gasteiger partial charge in [-0.1, -0.05) is 51.7 Å². The molecule has 0 bridgehead atoms. The first kappa shape index (κ1) is 17.1. The van der Waals surface area contributed by atoms with Crippen molar-refractivity contribution in [3.05, 3.63) is 29.8 Å². The van der Waals surface area contributed by atoms with E-state index in [9.17, 15) is 4.79 Å². The molecule has 2 unspecified atom stereocenters. The van der Waals surface area contributed by atoms with Crippen LogP contribution in [0.25, 0.3) is 0 Å². The summed E-state index contributed by atoms with van der Waals surface area (Å²) in [5.41, 5.74) is 1.17. The summed E-state index contributed by atoms with van der Waals surface area (Å²) < 4.78 is 5.69. The van der Waals surface area contributed by atoms with Crippen LogP contribution >= 0.6 is 0 Å². The molecule has 22 heavy (non-hydrogen) atoms. The van der Waals surface area contributed by atoms with E-state index in [1.165, 1.54) is 31.2 Å². The van der Waals surface area contributed by atoms with Crippen molar-refractivity contribution in [3.63, 3.8) is 0 Å². The molecule has 2 nitrogen and oxygen atoms in total. The van der Waals surface area contributed by atoms with Gasteiger partial charge in [-0.25, -0.2) is 0 Å². The second-order valence-corrected chi connectivity index (χ2v) is 6.58. The van der Waals surface area contributed by atoms with Crippen molar-refractivity contribution in [2.24, 2.45) is 5.92 Å². The molecule has 0 heterocycles. The fourth-order valence-electron chi connectivity index (χ4n) is 3.31. The fourth-order valence-corrected chi connectivity index (χ4v) is 3.31. The highest BCUT2D eigenvalue weighted by Crippen LogP contribution is 2.35. The van der Waals surface area contributed by atoms with Gasteiger partial charge in [0.2, 0.25) is 0 Å². The van der Waals surface area contributed by atoms with Crippen LogP contribution in [0.15, 0.2) is 24.3 Å². The molecular formula is C20H30O2. The molecule has 0 radical (unpaired) electrons. The summed E-state index contributed by atoms with van der Waals surface area (Å²) in [6.07, 6.45) is 8.93. The highest BCUT2D eigenvalue weighted by molar-refractivity contribution is 5.86. The van der Waals surface area contributed by atoms with E-state index in [1.807, 2.05) is 12.1 Å². The van der Waals surface area contributed by atoms with Gasteiger partial charge in [-0.05, 0) is 42.9 Å². The van der Waals surface area contributed by atoms with E-state index in [4.69, 9.17) is 4.74 Å². The van der Waals surface area contributed by atoms with Crippen molar-refractivity contribution in [1.82, 2.24) is 0 Å². The van der Waals surface area contributed by atoms with Crippen LogP contribution in [0.5, 0.6) is 5.75 Å². The van der Waals surface area contributed by atoms with Crippen molar-refractivity contribution in [2.75, 3.05) is 6.61 Å². The maximum Gasteiger partial charge on any atom is 0.140 e. The molecule has 2 heteroatoms. The Kier molecular flexibility index (Phi) is 6.95. The number of hydrogen-bond donors (Lipinski definition) is 0. The first-order valence-electron chi connectivity index (χ1n) is 9.00. The number of ether oxygens (including phenoxy) is 1. The minimum atomic E-state index is 0.113. The average Bonchev–Trinajstić information content (AvgIpc) is 2.54. The quantitative estimate of drug-likeness (QED) is 0.592. The van der Waals surface area contributed by atoms with Crippen LogP contribution in [0.2, 0.25) is 0 Å². The Labute approximate surface area is 135 Å². The Bertz CT molecular complexity index is 449. The van der Waals surface area contributed by atoms with E-state index in [0.717, 1.165) is 38.0 Å². The van der Waals surface area contributed by atoms with Crippen molar-refractivity contribution in [3.8, 4) is 5.75 Å². The molecule has 2 atom stereocenters. The molecule has 0 saturated heterocycles. The third-order valence-corrected chi connectivity index (χ3v) is 4.76. The largest absolute Gasteiger partial charge is 0.494 e. The standard InChI is InChI=1S/C20H30O2/c1-3-5-7-16-8-13-19(20(21)15-16)17-9-11-18(12-10-17)22-14-6-4-2/h9-12,16,19H,3-8,13-15H2,1-2H3. The first-order chi connectivity index (χ1) is 10.7. The van der Waals surface area contributed by atoms with Gasteiger partial charge in [0.1, 0.15) is 11.5 Å². The number of benzene rings is 1. The number of hydrogen-bond acceptors (Lipinski definition) is 2. The van der Waals surface area contributed by atoms with Gasteiger partial charge < -0.3 is 4.74 Å². The normalized spacial score (nSPS) is 21.8. The monoisotopic (exact) mass is 302 g/mol. The molecule has 1 saturated carbocycles. The van der Waals surface area contributed by atoms with Crippen LogP contribution in [0.3, 0.4) is 0 Å². The van der Waals surface area contributed by atoms with Gasteiger partial charge in [0.25, 0.3) is 0 Å². The predicted molar refractivity (Wildman–Crippen MR) is 91.5 cm³/mol. The van der Waals surface area contributed by atoms with E-state index in [2.05, 4.69) is 26.0 Å². The topological polar surface area (TPSA) is 26.3 Å². The zero-order valence-electron chi connectivity index (χ0n) is 14.1. The summed E-state index contributed by atoms with van der Waals surface area (Å²) in [4.78, 5) is 12.4. The lowest BCUT2D eigenvalue weighted by molar-refractivity contribution is -0.123. The summed E-state index contributed by atoms with van der Waals surface area (Å²) in [5, 5.41) is 0. The van der Waals surface area contributed by atoms with Crippen LogP contribution in [0.4, 0.5) is 0 Å². The molecule has 1 aromatic rings. The maximum atomic E-state index is 12.4. The fraction of sp³-hybridized carbons (Fsp3) is 0.650. The lowest BCUT2D eigenvalue weighted by Crippen LogP contribution is -2.23. The number of rotatable bonds is 8. The SMILES string of the molecule is CCCCOc1ccc(C2CCC(CCCC)CC2=O)cc1. The Morgan fingerprint density at radius 1 is 1.05 bits per heavy atom. The molecule has 122 valence electrons. The molecule has 1 aliphatic carbocycles. The molecular weight excluding hydrogens is 272 g/mol. The molecule has 0 aliphatic heterocycles. The van der Waals surface area contributed by atoms with Gasteiger partial charge in [0, 0.05) is 12.3 Å². The van der Waals surface area contributed by atoms with E-state index in [0.29, 0.717) is 11.7 Å². The second kappa shape index (κ2) is 8.97. The Morgan fingerprint density at radius 2 is 1.77 bits per heavy atom. The van der Waals surface area contributed by atoms with Crippen molar-refractivity contribution < 1.29 is 9.53 Å². The number of carbonyl (C=O) groups excluding carboxylic acids is 1. The smallest absolute Gasteiger partial charge is 0.140 e. The van der Waals surface area contributed by atoms with E-state index < -0.39 is 0 Å². The van der Waals surface area contributed by atoms with Gasteiger partial charge in [0.15, 0.2) is 0 Å². The van der Waals surface area contributed by atoms with E-state index >= 15 is 0 Å². The third kappa shape index (κ3) is 4.86. The summed E-state index contributed by atoms with van der Waals surface area (Å²) >= 11 is 0. The van der Waals surface area contributed by atoms with Gasteiger partial charge in [-0.15, -0.1) is 0 Å². The Hall–Kier alpha value is -1.31. The van der Waals surface area contributed by atoms with Crippen LogP contribution in [-0.2, 0) is 4.79 Å². The molecule has 0 aromatic heterocycles.